The van der Waals surface area contributed by atoms with E-state index < -0.39 is 6.10 Å². The fourth-order valence-electron chi connectivity index (χ4n) is 2.23. The number of benzene rings is 1. The molecule has 1 aromatic carbocycles. The van der Waals surface area contributed by atoms with E-state index in [0.29, 0.717) is 5.56 Å². The summed E-state index contributed by atoms with van der Waals surface area (Å²) in [7, 11) is 0. The van der Waals surface area contributed by atoms with E-state index in [1.54, 1.807) is 19.1 Å². The van der Waals surface area contributed by atoms with Crippen molar-refractivity contribution in [2.24, 2.45) is 0 Å². The van der Waals surface area contributed by atoms with Crippen molar-refractivity contribution in [2.75, 3.05) is 6.54 Å². The fraction of sp³-hybridized carbons (Fsp3) is 0.625. The Balaban J connectivity index is 2.61. The van der Waals surface area contributed by atoms with E-state index in [1.807, 2.05) is 0 Å². The third-order valence-electron chi connectivity index (χ3n) is 3.53. The molecule has 108 valence electrons. The van der Waals surface area contributed by atoms with E-state index >= 15 is 0 Å². The molecule has 0 saturated heterocycles. The van der Waals surface area contributed by atoms with Crippen LogP contribution in [0.5, 0.6) is 0 Å². The Hall–Kier alpha value is -0.930. The molecule has 2 N–H and O–H groups in total. The highest BCUT2D eigenvalue weighted by atomic mass is 19.1. The SMILES string of the molecule is CCCCCNC(CC)C(O)c1ccc(F)c(C)c1. The lowest BCUT2D eigenvalue weighted by Gasteiger charge is -2.23. The number of halogens is 1. The molecule has 0 aromatic heterocycles. The molecule has 0 fully saturated rings. The molecule has 1 aromatic rings. The summed E-state index contributed by atoms with van der Waals surface area (Å²) in [6, 6.07) is 4.86. The van der Waals surface area contributed by atoms with Crippen molar-refractivity contribution in [2.45, 2.75) is 58.6 Å². The van der Waals surface area contributed by atoms with Crippen molar-refractivity contribution in [1.29, 1.82) is 0 Å². The Kier molecular flexibility index (Phi) is 7.03. The number of aliphatic hydroxyl groups is 1. The van der Waals surface area contributed by atoms with E-state index in [1.165, 1.54) is 18.9 Å². The summed E-state index contributed by atoms with van der Waals surface area (Å²) in [6.45, 7) is 6.87. The lowest BCUT2D eigenvalue weighted by Crippen LogP contribution is -2.35. The van der Waals surface area contributed by atoms with Crippen LogP contribution in [-0.4, -0.2) is 17.7 Å². The summed E-state index contributed by atoms with van der Waals surface area (Å²) in [4.78, 5) is 0. The smallest absolute Gasteiger partial charge is 0.126 e. The summed E-state index contributed by atoms with van der Waals surface area (Å²) >= 11 is 0. The number of hydrogen-bond acceptors (Lipinski definition) is 2. The summed E-state index contributed by atoms with van der Waals surface area (Å²) in [5, 5.41) is 13.8. The van der Waals surface area contributed by atoms with E-state index in [4.69, 9.17) is 0 Å². The van der Waals surface area contributed by atoms with Gasteiger partial charge in [-0.1, -0.05) is 38.8 Å². The zero-order valence-corrected chi connectivity index (χ0v) is 12.2. The standard InChI is InChI=1S/C16H26FNO/c1-4-6-7-10-18-15(5-2)16(19)13-8-9-14(17)12(3)11-13/h8-9,11,15-16,18-19H,4-7,10H2,1-3H3. The van der Waals surface area contributed by atoms with Gasteiger partial charge < -0.3 is 10.4 Å². The molecule has 2 unspecified atom stereocenters. The molecule has 0 bridgehead atoms. The second-order valence-corrected chi connectivity index (χ2v) is 5.13. The monoisotopic (exact) mass is 267 g/mol. The van der Waals surface area contributed by atoms with Crippen LogP contribution in [0.4, 0.5) is 4.39 Å². The van der Waals surface area contributed by atoms with Crippen molar-refractivity contribution >= 4 is 0 Å². The van der Waals surface area contributed by atoms with Gasteiger partial charge in [-0.2, -0.15) is 0 Å². The van der Waals surface area contributed by atoms with Gasteiger partial charge in [0.05, 0.1) is 6.10 Å². The first-order valence-corrected chi connectivity index (χ1v) is 7.27. The van der Waals surface area contributed by atoms with E-state index in [2.05, 4.69) is 19.2 Å². The number of rotatable bonds is 8. The average molecular weight is 267 g/mol. The van der Waals surface area contributed by atoms with Gasteiger partial charge in [0.2, 0.25) is 0 Å². The highest BCUT2D eigenvalue weighted by Crippen LogP contribution is 2.21. The molecule has 2 atom stereocenters. The number of hydrogen-bond donors (Lipinski definition) is 2. The van der Waals surface area contributed by atoms with Crippen LogP contribution in [0.25, 0.3) is 0 Å². The third-order valence-corrected chi connectivity index (χ3v) is 3.53. The highest BCUT2D eigenvalue weighted by molar-refractivity contribution is 5.26. The molecule has 3 heteroatoms. The molecule has 0 heterocycles. The summed E-state index contributed by atoms with van der Waals surface area (Å²) in [5.41, 5.74) is 1.37. The van der Waals surface area contributed by atoms with E-state index in [-0.39, 0.29) is 11.9 Å². The van der Waals surface area contributed by atoms with Gasteiger partial charge in [0.1, 0.15) is 5.82 Å². The molecule has 0 aliphatic rings. The molecular formula is C16H26FNO. The van der Waals surface area contributed by atoms with Crippen molar-refractivity contribution < 1.29 is 9.50 Å². The Morgan fingerprint density at radius 2 is 2.00 bits per heavy atom. The maximum atomic E-state index is 13.2. The Morgan fingerprint density at radius 1 is 1.26 bits per heavy atom. The third kappa shape index (κ3) is 4.92. The van der Waals surface area contributed by atoms with Gasteiger partial charge in [0.25, 0.3) is 0 Å². The second kappa shape index (κ2) is 8.28. The van der Waals surface area contributed by atoms with Crippen LogP contribution in [0.2, 0.25) is 0 Å². The number of unbranched alkanes of at least 4 members (excludes halogenated alkanes) is 2. The average Bonchev–Trinajstić information content (AvgIpc) is 2.41. The molecule has 0 aliphatic carbocycles. The lowest BCUT2D eigenvalue weighted by molar-refractivity contribution is 0.125. The molecule has 0 spiro atoms. The highest BCUT2D eigenvalue weighted by Gasteiger charge is 2.19. The summed E-state index contributed by atoms with van der Waals surface area (Å²) < 4.78 is 13.2. The second-order valence-electron chi connectivity index (χ2n) is 5.13. The Morgan fingerprint density at radius 3 is 2.58 bits per heavy atom. The van der Waals surface area contributed by atoms with Crippen molar-refractivity contribution in [1.82, 2.24) is 5.32 Å². The van der Waals surface area contributed by atoms with Crippen molar-refractivity contribution in [3.8, 4) is 0 Å². The van der Waals surface area contributed by atoms with Gasteiger partial charge in [-0.05, 0) is 43.5 Å². The molecule has 1 rings (SSSR count). The predicted molar refractivity (Wildman–Crippen MR) is 77.7 cm³/mol. The zero-order chi connectivity index (χ0) is 14.3. The Bertz CT molecular complexity index is 381. The topological polar surface area (TPSA) is 32.3 Å². The van der Waals surface area contributed by atoms with Gasteiger partial charge in [-0.3, -0.25) is 0 Å². The first-order chi connectivity index (χ1) is 9.10. The zero-order valence-electron chi connectivity index (χ0n) is 12.2. The maximum absolute atomic E-state index is 13.2. The van der Waals surface area contributed by atoms with Crippen LogP contribution in [0.15, 0.2) is 18.2 Å². The van der Waals surface area contributed by atoms with Gasteiger partial charge in [-0.25, -0.2) is 4.39 Å². The van der Waals surface area contributed by atoms with Crippen LogP contribution in [0.1, 0.15) is 56.8 Å². The molecule has 0 amide bonds. The van der Waals surface area contributed by atoms with E-state index in [0.717, 1.165) is 24.9 Å². The predicted octanol–water partition coefficient (Wildman–Crippen LogP) is 3.73. The minimum Gasteiger partial charge on any atom is -0.387 e. The minimum absolute atomic E-state index is 0.0294. The van der Waals surface area contributed by atoms with Gasteiger partial charge in [-0.15, -0.1) is 0 Å². The molecule has 2 nitrogen and oxygen atoms in total. The van der Waals surface area contributed by atoms with Crippen LogP contribution in [0.3, 0.4) is 0 Å². The number of aliphatic hydroxyl groups excluding tert-OH is 1. The van der Waals surface area contributed by atoms with Crippen LogP contribution in [0, 0.1) is 12.7 Å². The molecule has 0 saturated carbocycles. The van der Waals surface area contributed by atoms with Crippen LogP contribution < -0.4 is 5.32 Å². The molecule has 0 radical (unpaired) electrons. The maximum Gasteiger partial charge on any atom is 0.126 e. The molecule has 0 aliphatic heterocycles. The summed E-state index contributed by atoms with van der Waals surface area (Å²) in [5.74, 6) is -0.222. The number of nitrogens with one attached hydrogen (secondary N) is 1. The first kappa shape index (κ1) is 16.1. The molecular weight excluding hydrogens is 241 g/mol. The lowest BCUT2D eigenvalue weighted by atomic mass is 9.98. The van der Waals surface area contributed by atoms with Crippen molar-refractivity contribution in [3.05, 3.63) is 35.1 Å². The minimum atomic E-state index is -0.578. The molecule has 19 heavy (non-hydrogen) atoms. The van der Waals surface area contributed by atoms with Crippen LogP contribution in [-0.2, 0) is 0 Å². The first-order valence-electron chi connectivity index (χ1n) is 7.27. The number of aryl methyl sites for hydroxylation is 1. The quantitative estimate of drug-likeness (QED) is 0.703. The largest absolute Gasteiger partial charge is 0.387 e. The van der Waals surface area contributed by atoms with Gasteiger partial charge in [0.15, 0.2) is 0 Å². The van der Waals surface area contributed by atoms with Gasteiger partial charge >= 0.3 is 0 Å². The Labute approximate surface area is 116 Å². The van der Waals surface area contributed by atoms with Crippen LogP contribution >= 0.6 is 0 Å². The fourth-order valence-corrected chi connectivity index (χ4v) is 2.23. The van der Waals surface area contributed by atoms with Crippen molar-refractivity contribution in [3.63, 3.8) is 0 Å². The van der Waals surface area contributed by atoms with Gasteiger partial charge in [0, 0.05) is 6.04 Å². The normalized spacial score (nSPS) is 14.4. The summed E-state index contributed by atoms with van der Waals surface area (Å²) in [6.07, 6.45) is 3.80. The van der Waals surface area contributed by atoms with E-state index in [9.17, 15) is 9.50 Å².